The van der Waals surface area contributed by atoms with Crippen LogP contribution in [0.15, 0.2) is 228 Å². The van der Waals surface area contributed by atoms with Gasteiger partial charge in [0.15, 0.2) is 0 Å². The summed E-state index contributed by atoms with van der Waals surface area (Å²) in [6.07, 6.45) is 20.7. The average Bonchev–Trinajstić information content (AvgIpc) is 2.22. The maximum atomic E-state index is 11.1. The van der Waals surface area contributed by atoms with E-state index in [0.717, 1.165) is 65.0 Å². The number of halogens is 2. The number of fused-ring (bicyclic) bond motifs is 13. The number of rotatable bonds is 3. The third kappa shape index (κ3) is 13.8. The Morgan fingerprint density at radius 2 is 0.782 bits per heavy atom. The van der Waals surface area contributed by atoms with E-state index >= 15 is 0 Å². The Morgan fingerprint density at radius 3 is 1.30 bits per heavy atom. The first kappa shape index (κ1) is 58.6. The Labute approximate surface area is 531 Å². The van der Waals surface area contributed by atoms with Crippen molar-refractivity contribution in [3.8, 4) is 55.6 Å². The quantitative estimate of drug-likeness (QED) is 0.185. The minimum atomic E-state index is 0.366. The van der Waals surface area contributed by atoms with Gasteiger partial charge < -0.3 is 10.6 Å². The summed E-state index contributed by atoms with van der Waals surface area (Å²) in [4.78, 5) is 20.0. The standard InChI is InChI=1S/2C19H21N.C19H15N.C13H10BrN.C10H9BrO/c3*1-2-5-14(6-3-1)15-8-10-17-16(13-15)9-11-19-18(17)7-4-12-20-19;14-10-4-5-11-9(8-10)3-6-13-12(11)2-1-7-15-13;11-9-3-1-8-6-10(12)4-2-7(8)5-9/h2*1-3,5-6,8,10,13,18-20H,4,7,9,11-12H2;1-8,10,12-13H,9,11H2;1-2,4-5,7-8H,3,6H2;1,3,5H,2,4,6H2/t2*18?,19-;;;/m10.../s1. The van der Waals surface area contributed by atoms with Gasteiger partial charge >= 0.3 is 0 Å². The molecule has 8 aromatic carbocycles. The molecule has 2 aliphatic heterocycles. The molecule has 4 heterocycles. The van der Waals surface area contributed by atoms with Gasteiger partial charge in [-0.25, -0.2) is 0 Å². The molecule has 7 heteroatoms. The third-order valence-electron chi connectivity index (χ3n) is 19.0. The number of ketones is 1. The Kier molecular flexibility index (Phi) is 18.7. The SMILES string of the molecule is Brc1ccc2c(c1)CCc1ncccc1-2.O=C1CCc2cc(Br)ccc2C1.c1ccc(-c2ccc3c(c2)CC[C@@H]2NCCCC32)cc1.c1ccc(-c2ccc3c(c2)CC[C@H]2NCCCC32)cc1.c1ccc(-c2ccc3c(c2)CCc2ncccc2-3)cc1. The monoisotopic (exact) mass is 1270 g/mol. The van der Waals surface area contributed by atoms with Crippen molar-refractivity contribution in [1.29, 1.82) is 0 Å². The zero-order valence-electron chi connectivity index (χ0n) is 49.7. The Morgan fingerprint density at radius 1 is 0.345 bits per heavy atom. The molecule has 2 N–H and O–H groups in total. The summed E-state index contributed by atoms with van der Waals surface area (Å²) in [5.41, 5.74) is 27.5. The van der Waals surface area contributed by atoms with Gasteiger partial charge in [-0.3, -0.25) is 14.8 Å². The van der Waals surface area contributed by atoms with Crippen molar-refractivity contribution in [2.75, 3.05) is 13.1 Å². The predicted octanol–water partition coefficient (Wildman–Crippen LogP) is 18.9. The summed E-state index contributed by atoms with van der Waals surface area (Å²) in [6, 6.07) is 75.6. The van der Waals surface area contributed by atoms with Crippen LogP contribution in [-0.2, 0) is 56.2 Å². The van der Waals surface area contributed by atoms with Gasteiger partial charge in [0, 0.05) is 68.8 Å². The topological polar surface area (TPSA) is 66.9 Å². The minimum Gasteiger partial charge on any atom is -0.313 e. The van der Waals surface area contributed by atoms with Crippen LogP contribution in [0, 0.1) is 0 Å². The number of nitrogens with zero attached hydrogens (tertiary/aromatic N) is 2. The van der Waals surface area contributed by atoms with Crippen LogP contribution in [0.4, 0.5) is 0 Å². The number of hydrogen-bond donors (Lipinski definition) is 2. The van der Waals surface area contributed by atoms with E-state index in [2.05, 4.69) is 234 Å². The first-order valence-corrected chi connectivity index (χ1v) is 33.4. The van der Waals surface area contributed by atoms with Crippen LogP contribution in [0.2, 0.25) is 0 Å². The van der Waals surface area contributed by atoms with Gasteiger partial charge in [0.05, 0.1) is 0 Å². The molecule has 0 bridgehead atoms. The Bertz CT molecular complexity index is 3900. The molecular weight excluding hydrogens is 1190 g/mol. The molecule has 0 spiro atoms. The molecule has 0 amide bonds. The van der Waals surface area contributed by atoms with Crippen molar-refractivity contribution in [3.63, 3.8) is 0 Å². The number of pyridine rings is 2. The van der Waals surface area contributed by atoms with Gasteiger partial charge in [-0.15, -0.1) is 0 Å². The first-order valence-electron chi connectivity index (χ1n) is 31.8. The molecule has 17 rings (SSSR count). The molecule has 0 radical (unpaired) electrons. The molecule has 2 fully saturated rings. The lowest BCUT2D eigenvalue weighted by Crippen LogP contribution is -2.42. The fourth-order valence-corrected chi connectivity index (χ4v) is 15.4. The van der Waals surface area contributed by atoms with Crippen molar-refractivity contribution < 1.29 is 4.79 Å². The van der Waals surface area contributed by atoms with Crippen molar-refractivity contribution in [1.82, 2.24) is 20.6 Å². The molecule has 2 saturated heterocycles. The van der Waals surface area contributed by atoms with Gasteiger partial charge in [-0.2, -0.15) is 0 Å². The third-order valence-corrected chi connectivity index (χ3v) is 20.0. The minimum absolute atomic E-state index is 0.366. The highest BCUT2D eigenvalue weighted by atomic mass is 79.9. The zero-order valence-corrected chi connectivity index (χ0v) is 52.8. The van der Waals surface area contributed by atoms with Gasteiger partial charge in [-0.05, 0) is 234 Å². The fourth-order valence-electron chi connectivity index (χ4n) is 14.6. The maximum absolute atomic E-state index is 11.1. The van der Waals surface area contributed by atoms with E-state index in [1.54, 1.807) is 22.3 Å². The number of aryl methyl sites for hydroxylation is 7. The van der Waals surface area contributed by atoms with Crippen LogP contribution in [-0.4, -0.2) is 40.9 Å². The second-order valence-corrected chi connectivity index (χ2v) is 26.2. The van der Waals surface area contributed by atoms with Gasteiger partial charge in [0.2, 0.25) is 0 Å². The molecule has 10 aromatic rings. The molecule has 5 nitrogen and oxygen atoms in total. The Hall–Kier alpha value is -7.39. The number of carbonyl (C=O) groups excluding carboxylic acids is 1. The number of hydrogen-bond acceptors (Lipinski definition) is 5. The highest BCUT2D eigenvalue weighted by Crippen LogP contribution is 2.41. The van der Waals surface area contributed by atoms with Crippen LogP contribution in [0.1, 0.15) is 113 Å². The molecular formula is C80H76Br2N4O. The molecule has 7 aliphatic rings. The van der Waals surface area contributed by atoms with Crippen LogP contribution in [0.5, 0.6) is 0 Å². The number of carbonyl (C=O) groups is 1. The molecule has 4 atom stereocenters. The first-order chi connectivity index (χ1) is 42.8. The molecule has 2 unspecified atom stereocenters. The summed E-state index contributed by atoms with van der Waals surface area (Å²) in [5.74, 6) is 1.86. The molecule has 2 aromatic heterocycles. The molecule has 0 saturated carbocycles. The normalized spacial score (nSPS) is 18.8. The summed E-state index contributed by atoms with van der Waals surface area (Å²) in [7, 11) is 0. The Balaban J connectivity index is 0.000000102. The molecule has 5 aliphatic carbocycles. The van der Waals surface area contributed by atoms with Gasteiger partial charge in [0.1, 0.15) is 5.78 Å². The van der Waals surface area contributed by atoms with E-state index in [1.165, 1.54) is 154 Å². The summed E-state index contributed by atoms with van der Waals surface area (Å²) in [6.45, 7) is 2.41. The summed E-state index contributed by atoms with van der Waals surface area (Å²) < 4.78 is 2.27. The van der Waals surface area contributed by atoms with E-state index in [-0.39, 0.29) is 0 Å². The zero-order chi connectivity index (χ0) is 58.9. The highest BCUT2D eigenvalue weighted by Gasteiger charge is 2.33. The highest BCUT2D eigenvalue weighted by molar-refractivity contribution is 9.10. The number of aromatic nitrogens is 2. The van der Waals surface area contributed by atoms with Crippen molar-refractivity contribution in [2.24, 2.45) is 0 Å². The van der Waals surface area contributed by atoms with Crippen LogP contribution in [0.25, 0.3) is 55.6 Å². The van der Waals surface area contributed by atoms with Gasteiger partial charge in [-0.1, -0.05) is 202 Å². The van der Waals surface area contributed by atoms with E-state index in [1.807, 2.05) is 36.7 Å². The second kappa shape index (κ2) is 27.8. The summed E-state index contributed by atoms with van der Waals surface area (Å²) in [5, 5.41) is 7.42. The van der Waals surface area contributed by atoms with E-state index in [4.69, 9.17) is 0 Å². The second-order valence-electron chi connectivity index (χ2n) is 24.4. The number of Topliss-reactive ketones (excluding diaryl/α,β-unsaturated/α-hetero) is 1. The largest absolute Gasteiger partial charge is 0.313 e. The molecule has 87 heavy (non-hydrogen) atoms. The van der Waals surface area contributed by atoms with Crippen molar-refractivity contribution >= 4 is 37.6 Å². The van der Waals surface area contributed by atoms with Crippen molar-refractivity contribution in [2.45, 2.75) is 120 Å². The number of nitrogens with one attached hydrogen (secondary N) is 2. The fraction of sp³-hybridized carbons (Fsp3) is 0.263. The lowest BCUT2D eigenvalue weighted by atomic mass is 9.74. The van der Waals surface area contributed by atoms with Crippen LogP contribution >= 0.6 is 31.9 Å². The van der Waals surface area contributed by atoms with E-state index < -0.39 is 0 Å². The number of benzene rings is 8. The average molecular weight is 1270 g/mol. The van der Waals surface area contributed by atoms with Gasteiger partial charge in [0.25, 0.3) is 0 Å². The number of piperidine rings is 2. The van der Waals surface area contributed by atoms with E-state index in [0.29, 0.717) is 18.6 Å². The van der Waals surface area contributed by atoms with Crippen LogP contribution in [0.3, 0.4) is 0 Å². The molecule has 436 valence electrons. The summed E-state index contributed by atoms with van der Waals surface area (Å²) >= 11 is 6.94. The van der Waals surface area contributed by atoms with Crippen molar-refractivity contribution in [3.05, 3.63) is 283 Å². The van der Waals surface area contributed by atoms with Crippen LogP contribution < -0.4 is 10.6 Å². The van der Waals surface area contributed by atoms with E-state index in [9.17, 15) is 4.79 Å². The maximum Gasteiger partial charge on any atom is 0.137 e. The predicted molar refractivity (Wildman–Crippen MR) is 366 cm³/mol. The lowest BCUT2D eigenvalue weighted by Gasteiger charge is -2.38. The smallest absolute Gasteiger partial charge is 0.137 e. The lowest BCUT2D eigenvalue weighted by molar-refractivity contribution is -0.118.